The van der Waals surface area contributed by atoms with Gasteiger partial charge in [-0.1, -0.05) is 13.0 Å². The fourth-order valence-corrected chi connectivity index (χ4v) is 3.17. The minimum absolute atomic E-state index is 0.185. The lowest BCUT2D eigenvalue weighted by Gasteiger charge is -2.31. The molecule has 0 spiro atoms. The van der Waals surface area contributed by atoms with Crippen molar-refractivity contribution in [2.24, 2.45) is 5.92 Å². The highest BCUT2D eigenvalue weighted by Gasteiger charge is 2.50. The molecular weight excluding hydrogens is 308 g/mol. The van der Waals surface area contributed by atoms with Crippen LogP contribution in [0.5, 0.6) is 0 Å². The van der Waals surface area contributed by atoms with E-state index in [0.717, 1.165) is 17.7 Å². The van der Waals surface area contributed by atoms with Gasteiger partial charge in [0, 0.05) is 19.3 Å². The number of imide groups is 1. The van der Waals surface area contributed by atoms with Gasteiger partial charge in [0.15, 0.2) is 5.54 Å². The number of piperidine rings is 1. The van der Waals surface area contributed by atoms with Crippen molar-refractivity contribution >= 4 is 17.8 Å². The lowest BCUT2D eigenvalue weighted by atomic mass is 9.97. The SMILES string of the molecule is CC1CCN(C(=O)CN2C(=O)N[C@@](C)(c3ccccn3)C2=O)CC1. The van der Waals surface area contributed by atoms with E-state index in [1.807, 2.05) is 0 Å². The molecule has 3 rings (SSSR count). The predicted octanol–water partition coefficient (Wildman–Crippen LogP) is 1.11. The molecule has 1 N–H and O–H groups in total. The van der Waals surface area contributed by atoms with Gasteiger partial charge in [-0.2, -0.15) is 0 Å². The van der Waals surface area contributed by atoms with Crippen molar-refractivity contribution in [3.8, 4) is 0 Å². The average molecular weight is 330 g/mol. The van der Waals surface area contributed by atoms with Crippen molar-refractivity contribution in [2.45, 2.75) is 32.2 Å². The van der Waals surface area contributed by atoms with Gasteiger partial charge in [-0.05, 0) is 37.8 Å². The smallest absolute Gasteiger partial charge is 0.325 e. The summed E-state index contributed by atoms with van der Waals surface area (Å²) in [6.45, 7) is 4.92. The number of rotatable bonds is 3. The van der Waals surface area contributed by atoms with Gasteiger partial charge in [0.05, 0.1) is 5.69 Å². The molecule has 0 bridgehead atoms. The first-order valence-corrected chi connectivity index (χ1v) is 8.25. The number of amides is 4. The first kappa shape index (κ1) is 16.4. The molecular formula is C17H22N4O3. The molecule has 1 aromatic heterocycles. The lowest BCUT2D eigenvalue weighted by Crippen LogP contribution is -2.46. The molecule has 1 aromatic rings. The van der Waals surface area contributed by atoms with Crippen LogP contribution in [0.3, 0.4) is 0 Å². The molecule has 3 heterocycles. The maximum atomic E-state index is 12.7. The summed E-state index contributed by atoms with van der Waals surface area (Å²) in [6, 6.07) is 4.64. The summed E-state index contributed by atoms with van der Waals surface area (Å²) in [5.74, 6) is -0.0150. The first-order chi connectivity index (χ1) is 11.4. The molecule has 7 nitrogen and oxygen atoms in total. The van der Waals surface area contributed by atoms with Crippen LogP contribution in [-0.2, 0) is 15.1 Å². The number of hydrogen-bond acceptors (Lipinski definition) is 4. The van der Waals surface area contributed by atoms with Crippen molar-refractivity contribution in [2.75, 3.05) is 19.6 Å². The molecule has 24 heavy (non-hydrogen) atoms. The summed E-state index contributed by atoms with van der Waals surface area (Å²) < 4.78 is 0. The van der Waals surface area contributed by atoms with Crippen LogP contribution in [-0.4, -0.2) is 52.3 Å². The third kappa shape index (κ3) is 2.86. The minimum Gasteiger partial charge on any atom is -0.341 e. The molecule has 2 saturated heterocycles. The van der Waals surface area contributed by atoms with Crippen molar-refractivity contribution in [3.05, 3.63) is 30.1 Å². The molecule has 7 heteroatoms. The van der Waals surface area contributed by atoms with Crippen LogP contribution in [0.4, 0.5) is 4.79 Å². The Morgan fingerprint density at radius 2 is 2.04 bits per heavy atom. The fraction of sp³-hybridized carbons (Fsp3) is 0.529. The zero-order valence-corrected chi connectivity index (χ0v) is 14.0. The van der Waals surface area contributed by atoms with E-state index < -0.39 is 17.5 Å². The molecule has 0 aliphatic carbocycles. The maximum Gasteiger partial charge on any atom is 0.325 e. The van der Waals surface area contributed by atoms with Crippen LogP contribution in [0.15, 0.2) is 24.4 Å². The zero-order chi connectivity index (χ0) is 17.3. The van der Waals surface area contributed by atoms with Crippen molar-refractivity contribution in [3.63, 3.8) is 0 Å². The number of hydrogen-bond donors (Lipinski definition) is 1. The molecule has 2 aliphatic rings. The monoisotopic (exact) mass is 330 g/mol. The second-order valence-corrected chi connectivity index (χ2v) is 6.72. The highest BCUT2D eigenvalue weighted by Crippen LogP contribution is 2.27. The highest BCUT2D eigenvalue weighted by atomic mass is 16.2. The Balaban J connectivity index is 1.72. The van der Waals surface area contributed by atoms with Gasteiger partial charge in [-0.15, -0.1) is 0 Å². The average Bonchev–Trinajstić information content (AvgIpc) is 2.80. The standard InChI is InChI=1S/C17H22N4O3/c1-12-6-9-20(10-7-12)14(22)11-21-15(23)17(2,19-16(21)24)13-5-3-4-8-18-13/h3-5,8,12H,6-7,9-11H2,1-2H3,(H,19,24)/t17-/m0/s1. The minimum atomic E-state index is -1.23. The van der Waals surface area contributed by atoms with Gasteiger partial charge in [0.1, 0.15) is 6.54 Å². The Kier molecular flexibility index (Phi) is 4.26. The first-order valence-electron chi connectivity index (χ1n) is 8.25. The van der Waals surface area contributed by atoms with E-state index in [0.29, 0.717) is 24.7 Å². The summed E-state index contributed by atoms with van der Waals surface area (Å²) in [7, 11) is 0. The largest absolute Gasteiger partial charge is 0.341 e. The molecule has 2 fully saturated rings. The van der Waals surface area contributed by atoms with Crippen molar-refractivity contribution in [1.29, 1.82) is 0 Å². The van der Waals surface area contributed by atoms with E-state index in [4.69, 9.17) is 0 Å². The number of carbonyl (C=O) groups excluding carboxylic acids is 3. The third-order valence-electron chi connectivity index (χ3n) is 4.88. The molecule has 0 unspecified atom stereocenters. The molecule has 0 radical (unpaired) electrons. The van der Waals surface area contributed by atoms with Crippen LogP contribution >= 0.6 is 0 Å². The summed E-state index contributed by atoms with van der Waals surface area (Å²) in [5, 5.41) is 2.67. The van der Waals surface area contributed by atoms with Crippen LogP contribution in [0.1, 0.15) is 32.4 Å². The summed E-state index contributed by atoms with van der Waals surface area (Å²) in [5.41, 5.74) is -0.764. The summed E-state index contributed by atoms with van der Waals surface area (Å²) in [4.78, 5) is 44.3. The second kappa shape index (κ2) is 6.22. The van der Waals surface area contributed by atoms with Gasteiger partial charge in [0.2, 0.25) is 5.91 Å². The Morgan fingerprint density at radius 3 is 2.67 bits per heavy atom. The van der Waals surface area contributed by atoms with Gasteiger partial charge >= 0.3 is 6.03 Å². The Bertz CT molecular complexity index is 655. The second-order valence-electron chi connectivity index (χ2n) is 6.72. The van der Waals surface area contributed by atoms with Crippen LogP contribution in [0.25, 0.3) is 0 Å². The Labute approximate surface area is 141 Å². The molecule has 0 aromatic carbocycles. The van der Waals surface area contributed by atoms with E-state index in [-0.39, 0.29) is 12.5 Å². The fourth-order valence-electron chi connectivity index (χ4n) is 3.17. The molecule has 0 saturated carbocycles. The van der Waals surface area contributed by atoms with E-state index in [2.05, 4.69) is 17.2 Å². The van der Waals surface area contributed by atoms with Gasteiger partial charge in [0.25, 0.3) is 5.91 Å². The number of likely N-dealkylation sites (tertiary alicyclic amines) is 1. The summed E-state index contributed by atoms with van der Waals surface area (Å²) >= 11 is 0. The van der Waals surface area contributed by atoms with E-state index in [1.165, 1.54) is 0 Å². The van der Waals surface area contributed by atoms with E-state index in [1.54, 1.807) is 36.2 Å². The number of carbonyl (C=O) groups is 3. The zero-order valence-electron chi connectivity index (χ0n) is 14.0. The number of nitrogens with one attached hydrogen (secondary N) is 1. The van der Waals surface area contributed by atoms with E-state index >= 15 is 0 Å². The topological polar surface area (TPSA) is 82.6 Å². The highest BCUT2D eigenvalue weighted by molar-refractivity contribution is 6.08. The van der Waals surface area contributed by atoms with Crippen molar-refractivity contribution < 1.29 is 14.4 Å². The van der Waals surface area contributed by atoms with E-state index in [9.17, 15) is 14.4 Å². The Morgan fingerprint density at radius 1 is 1.33 bits per heavy atom. The quantitative estimate of drug-likeness (QED) is 0.842. The van der Waals surface area contributed by atoms with Crippen LogP contribution in [0, 0.1) is 5.92 Å². The van der Waals surface area contributed by atoms with Crippen LogP contribution < -0.4 is 5.32 Å². The van der Waals surface area contributed by atoms with Gasteiger partial charge < -0.3 is 10.2 Å². The maximum absolute atomic E-state index is 12.7. The number of urea groups is 1. The van der Waals surface area contributed by atoms with Crippen molar-refractivity contribution in [1.82, 2.24) is 20.1 Å². The molecule has 128 valence electrons. The van der Waals surface area contributed by atoms with Gasteiger partial charge in [-0.25, -0.2) is 4.79 Å². The molecule has 1 atom stereocenters. The molecule has 2 aliphatic heterocycles. The number of aromatic nitrogens is 1. The predicted molar refractivity (Wildman–Crippen MR) is 86.8 cm³/mol. The lowest BCUT2D eigenvalue weighted by molar-refractivity contribution is -0.139. The number of nitrogens with zero attached hydrogens (tertiary/aromatic N) is 3. The molecule has 4 amide bonds. The third-order valence-corrected chi connectivity index (χ3v) is 4.88. The van der Waals surface area contributed by atoms with Crippen LogP contribution in [0.2, 0.25) is 0 Å². The van der Waals surface area contributed by atoms with Gasteiger partial charge in [-0.3, -0.25) is 19.5 Å². The summed E-state index contributed by atoms with van der Waals surface area (Å²) in [6.07, 6.45) is 3.48. The normalized spacial score (nSPS) is 25.1. The number of pyridine rings is 1. The Hall–Kier alpha value is -2.44.